The van der Waals surface area contributed by atoms with Crippen LogP contribution in [0.1, 0.15) is 107 Å². The number of rotatable bonds is 3. The normalized spacial score (nSPS) is 15.3. The molecule has 0 unspecified atom stereocenters. The third-order valence-corrected chi connectivity index (χ3v) is 20.5. The van der Waals surface area contributed by atoms with Gasteiger partial charge in [0.2, 0.25) is 0 Å². The van der Waals surface area contributed by atoms with Gasteiger partial charge >= 0.3 is 0 Å². The summed E-state index contributed by atoms with van der Waals surface area (Å²) in [6, 6.07) is 83.2. The summed E-state index contributed by atoms with van der Waals surface area (Å²) in [7, 11) is 0. The maximum Gasteiger partial charge on any atom is 0.264 e. The predicted octanol–water partition coefficient (Wildman–Crippen LogP) is 17.6. The molecule has 0 radical (unpaired) electrons. The van der Waals surface area contributed by atoms with Crippen molar-refractivity contribution in [2.45, 2.75) is 70.6 Å². The van der Waals surface area contributed by atoms with Gasteiger partial charge in [0.25, 0.3) is 6.71 Å². The standard InChI is InChI=1S/C75H57BN2S/c1-43(2)46-29-33-49(34-30-46)78-67-40-45(4)39-66-69(67)76(72-70(78)68-55-37-28-44(3)38-62(55)75(71(68)79-72)60-26-16-10-20-52(60)53-21-11-17-27-61(53)75)64-42-63-56(41-65(64)77(66)48-35-31-47(32-36-48)73(5,6)7)54-22-12-15-25-59(54)74(63)57-23-13-8-18-50(57)51-19-9-14-24-58(51)74/h8-43H,1-7H3. The molecule has 0 saturated heterocycles. The van der Waals surface area contributed by atoms with Gasteiger partial charge in [0.05, 0.1) is 16.5 Å². The second kappa shape index (κ2) is 15.6. The summed E-state index contributed by atoms with van der Waals surface area (Å²) >= 11 is 2.09. The lowest BCUT2D eigenvalue weighted by molar-refractivity contribution is 0.590. The average Bonchev–Trinajstić information content (AvgIpc) is 2.01. The van der Waals surface area contributed by atoms with E-state index in [1.54, 1.807) is 0 Å². The second-order valence-electron chi connectivity index (χ2n) is 24.6. The van der Waals surface area contributed by atoms with Crippen LogP contribution in [0, 0.1) is 13.8 Å². The zero-order valence-corrected chi connectivity index (χ0v) is 46.5. The van der Waals surface area contributed by atoms with Crippen molar-refractivity contribution < 1.29 is 0 Å². The Bertz CT molecular complexity index is 4400. The molecule has 0 amide bonds. The van der Waals surface area contributed by atoms with E-state index in [0.29, 0.717) is 5.92 Å². The lowest BCUT2D eigenvalue weighted by Gasteiger charge is -2.44. The van der Waals surface area contributed by atoms with Crippen LogP contribution in [-0.4, -0.2) is 6.71 Å². The van der Waals surface area contributed by atoms with Crippen molar-refractivity contribution in [1.29, 1.82) is 0 Å². The molecule has 4 heteroatoms. The summed E-state index contributed by atoms with van der Waals surface area (Å²) in [5.41, 5.74) is 34.6. The number of nitrogens with zero attached hydrogens (tertiary/aromatic N) is 2. The van der Waals surface area contributed by atoms with Gasteiger partial charge in [-0.2, -0.15) is 0 Å². The molecule has 79 heavy (non-hydrogen) atoms. The lowest BCUT2D eigenvalue weighted by atomic mass is 9.35. The Morgan fingerprint density at radius 3 is 1.46 bits per heavy atom. The van der Waals surface area contributed by atoms with Gasteiger partial charge in [0.15, 0.2) is 0 Å². The van der Waals surface area contributed by atoms with E-state index in [0.717, 1.165) is 0 Å². The number of anilines is 6. The fourth-order valence-electron chi connectivity index (χ4n) is 15.8. The van der Waals surface area contributed by atoms with Crippen molar-refractivity contribution in [3.8, 4) is 44.5 Å². The van der Waals surface area contributed by atoms with E-state index in [1.165, 1.54) is 160 Å². The first-order valence-electron chi connectivity index (χ1n) is 28.4. The Hall–Kier alpha value is -8.44. The summed E-state index contributed by atoms with van der Waals surface area (Å²) < 4.78 is 1.41. The first-order valence-corrected chi connectivity index (χ1v) is 29.2. The van der Waals surface area contributed by atoms with Gasteiger partial charge in [-0.1, -0.05) is 210 Å². The molecule has 11 aromatic rings. The number of fused-ring (bicyclic) bond motifs is 25. The first kappa shape index (κ1) is 45.6. The monoisotopic (exact) mass is 1030 g/mol. The number of hydrogen-bond acceptors (Lipinski definition) is 3. The van der Waals surface area contributed by atoms with Crippen LogP contribution < -0.4 is 25.5 Å². The van der Waals surface area contributed by atoms with Crippen molar-refractivity contribution in [1.82, 2.24) is 0 Å². The van der Waals surface area contributed by atoms with E-state index in [9.17, 15) is 0 Å². The molecular weight excluding hydrogens is 972 g/mol. The van der Waals surface area contributed by atoms with Crippen LogP contribution in [0.3, 0.4) is 0 Å². The zero-order chi connectivity index (χ0) is 53.0. The Balaban J connectivity index is 1.03. The molecule has 2 nitrogen and oxygen atoms in total. The van der Waals surface area contributed by atoms with Crippen LogP contribution in [0.4, 0.5) is 34.1 Å². The van der Waals surface area contributed by atoms with E-state index >= 15 is 0 Å². The van der Waals surface area contributed by atoms with Gasteiger partial charge in [-0.15, -0.1) is 11.3 Å². The maximum atomic E-state index is 2.71. The minimum Gasteiger partial charge on any atom is -0.311 e. The molecule has 0 saturated carbocycles. The fourth-order valence-corrected chi connectivity index (χ4v) is 17.5. The van der Waals surface area contributed by atoms with E-state index in [1.807, 2.05) is 0 Å². The van der Waals surface area contributed by atoms with Crippen LogP contribution in [0.5, 0.6) is 0 Å². The van der Waals surface area contributed by atoms with E-state index in [4.69, 9.17) is 0 Å². The molecule has 17 rings (SSSR count). The van der Waals surface area contributed by atoms with Gasteiger partial charge in [0.1, 0.15) is 0 Å². The van der Waals surface area contributed by atoms with Crippen LogP contribution in [0.15, 0.2) is 212 Å². The molecule has 0 atom stereocenters. The molecule has 2 aliphatic heterocycles. The molecule has 10 aromatic carbocycles. The topological polar surface area (TPSA) is 6.48 Å². The highest BCUT2D eigenvalue weighted by Gasteiger charge is 2.58. The van der Waals surface area contributed by atoms with E-state index in [-0.39, 0.29) is 12.1 Å². The molecular formula is C75H57BN2S. The van der Waals surface area contributed by atoms with Crippen molar-refractivity contribution in [3.63, 3.8) is 0 Å². The zero-order valence-electron chi connectivity index (χ0n) is 45.7. The SMILES string of the molecule is Cc1cc2c3c(c1)N(c1ccc(C(C)C)cc1)c1c(sc4c1-c1ccc(C)cc1C41c4ccccc4-c4ccccc41)B3c1cc3c(cc1N2c1ccc(C(C)(C)C)cc1)-c1ccccc1C31c2ccccc2-c2ccccc21. The van der Waals surface area contributed by atoms with Gasteiger partial charge in [-0.3, -0.25) is 0 Å². The largest absolute Gasteiger partial charge is 0.311 e. The highest BCUT2D eigenvalue weighted by atomic mass is 32.1. The average molecular weight is 1030 g/mol. The molecule has 376 valence electrons. The van der Waals surface area contributed by atoms with Crippen LogP contribution >= 0.6 is 11.3 Å². The van der Waals surface area contributed by atoms with Crippen LogP contribution in [-0.2, 0) is 16.2 Å². The molecule has 3 heterocycles. The summed E-state index contributed by atoms with van der Waals surface area (Å²) in [5, 5.41) is 0. The molecule has 4 aliphatic carbocycles. The Morgan fingerprint density at radius 2 is 0.911 bits per heavy atom. The smallest absolute Gasteiger partial charge is 0.264 e. The first-order chi connectivity index (χ1) is 38.5. The van der Waals surface area contributed by atoms with Crippen molar-refractivity contribution >= 4 is 67.9 Å². The van der Waals surface area contributed by atoms with Crippen molar-refractivity contribution in [2.75, 3.05) is 9.80 Å². The molecule has 1 aromatic heterocycles. The van der Waals surface area contributed by atoms with Crippen LogP contribution in [0.25, 0.3) is 44.5 Å². The molecule has 0 N–H and O–H groups in total. The van der Waals surface area contributed by atoms with E-state index < -0.39 is 10.8 Å². The quantitative estimate of drug-likeness (QED) is 0.163. The fraction of sp³-hybridized carbons (Fsp3) is 0.147. The third kappa shape index (κ3) is 5.63. The minimum atomic E-state index is -0.499. The predicted molar refractivity (Wildman–Crippen MR) is 333 cm³/mol. The Labute approximate surface area is 468 Å². The van der Waals surface area contributed by atoms with Crippen molar-refractivity contribution in [3.05, 3.63) is 278 Å². The third-order valence-electron chi connectivity index (χ3n) is 19.1. The maximum absolute atomic E-state index is 2.71. The number of aryl methyl sites for hydroxylation is 2. The number of thiophene rings is 1. The van der Waals surface area contributed by atoms with Gasteiger partial charge in [-0.05, 0) is 173 Å². The highest BCUT2D eigenvalue weighted by molar-refractivity contribution is 7.30. The summed E-state index contributed by atoms with van der Waals surface area (Å²) in [6.07, 6.45) is 0. The molecule has 0 fully saturated rings. The molecule has 2 spiro atoms. The molecule has 0 bridgehead atoms. The summed E-state index contributed by atoms with van der Waals surface area (Å²) in [6.45, 7) is 16.1. The van der Waals surface area contributed by atoms with Gasteiger partial charge in [0, 0.05) is 43.7 Å². The number of benzene rings is 10. The van der Waals surface area contributed by atoms with Crippen molar-refractivity contribution in [2.24, 2.45) is 0 Å². The van der Waals surface area contributed by atoms with E-state index in [2.05, 4.69) is 282 Å². The van der Waals surface area contributed by atoms with Gasteiger partial charge in [-0.25, -0.2) is 0 Å². The summed E-state index contributed by atoms with van der Waals surface area (Å²) in [4.78, 5) is 6.77. The lowest BCUT2D eigenvalue weighted by Crippen LogP contribution is -2.60. The number of hydrogen-bond donors (Lipinski definition) is 0. The summed E-state index contributed by atoms with van der Waals surface area (Å²) in [5.74, 6) is 0.412. The molecule has 6 aliphatic rings. The highest BCUT2D eigenvalue weighted by Crippen LogP contribution is 2.68. The minimum absolute atomic E-state index is 0.00919. The Kier molecular flexibility index (Phi) is 9.03. The second-order valence-corrected chi connectivity index (χ2v) is 25.7. The van der Waals surface area contributed by atoms with Crippen LogP contribution in [0.2, 0.25) is 0 Å². The Morgan fingerprint density at radius 1 is 0.430 bits per heavy atom. The van der Waals surface area contributed by atoms with Gasteiger partial charge < -0.3 is 9.80 Å².